The molecule has 4 heterocycles. The third-order valence-corrected chi connectivity index (χ3v) is 6.21. The molecule has 0 saturated carbocycles. The van der Waals surface area contributed by atoms with Crippen LogP contribution in [0.3, 0.4) is 0 Å². The lowest BCUT2D eigenvalue weighted by atomic mass is 10.0. The van der Waals surface area contributed by atoms with Crippen molar-refractivity contribution in [2.24, 2.45) is 0 Å². The van der Waals surface area contributed by atoms with Gasteiger partial charge in [0.05, 0.1) is 34.5 Å². The van der Waals surface area contributed by atoms with E-state index in [-0.39, 0.29) is 12.1 Å². The van der Waals surface area contributed by atoms with Crippen molar-refractivity contribution >= 4 is 16.9 Å². The number of carbonyl (C=O) groups is 1. The summed E-state index contributed by atoms with van der Waals surface area (Å²) in [6.45, 7) is 3.41. The molecule has 1 aliphatic rings. The van der Waals surface area contributed by atoms with Gasteiger partial charge in [-0.3, -0.25) is 9.97 Å². The third-order valence-electron chi connectivity index (χ3n) is 6.21. The standard InChI is InChI=1S/C28H23N5O2/c1-17-3-2-4-25(33-17)27-26(31-16-32-27)20-9-10-24-21(11-20)12-22(13-30-24)18-5-7-19(8-6-18)28(34)35-23-14-29-15-23/h2-13,16,23,29H,14-15H2,1H3,(H,31,32). The molecule has 0 spiro atoms. The topological polar surface area (TPSA) is 92.8 Å². The number of fused-ring (bicyclic) bond motifs is 1. The van der Waals surface area contributed by atoms with E-state index in [0.29, 0.717) is 5.56 Å². The second-order valence-electron chi connectivity index (χ2n) is 8.68. The second kappa shape index (κ2) is 8.77. The van der Waals surface area contributed by atoms with Crippen LogP contribution in [0.15, 0.2) is 79.3 Å². The molecule has 35 heavy (non-hydrogen) atoms. The van der Waals surface area contributed by atoms with Crippen molar-refractivity contribution < 1.29 is 9.53 Å². The molecule has 7 heteroatoms. The van der Waals surface area contributed by atoms with Gasteiger partial charge in [-0.2, -0.15) is 0 Å². The number of nitrogens with zero attached hydrogens (tertiary/aromatic N) is 3. The fraction of sp³-hybridized carbons (Fsp3) is 0.143. The minimum atomic E-state index is -0.290. The van der Waals surface area contributed by atoms with Crippen molar-refractivity contribution in [1.82, 2.24) is 25.3 Å². The molecule has 1 aliphatic heterocycles. The van der Waals surface area contributed by atoms with Crippen LogP contribution in [0, 0.1) is 6.92 Å². The van der Waals surface area contributed by atoms with Gasteiger partial charge in [0.25, 0.3) is 0 Å². The van der Waals surface area contributed by atoms with E-state index in [0.717, 1.165) is 63.5 Å². The number of benzene rings is 2. The summed E-state index contributed by atoms with van der Waals surface area (Å²) in [5, 5.41) is 4.10. The number of pyridine rings is 2. The number of nitrogens with one attached hydrogen (secondary N) is 2. The molecular weight excluding hydrogens is 438 g/mol. The maximum atomic E-state index is 12.3. The highest BCUT2D eigenvalue weighted by atomic mass is 16.5. The second-order valence-corrected chi connectivity index (χ2v) is 8.68. The highest BCUT2D eigenvalue weighted by Crippen LogP contribution is 2.31. The average molecular weight is 462 g/mol. The molecule has 3 aromatic heterocycles. The Balaban J connectivity index is 1.30. The lowest BCUT2D eigenvalue weighted by molar-refractivity contribution is 0.0169. The van der Waals surface area contributed by atoms with Crippen LogP contribution >= 0.6 is 0 Å². The Hall–Kier alpha value is -4.36. The molecule has 1 fully saturated rings. The zero-order valence-electron chi connectivity index (χ0n) is 19.2. The Morgan fingerprint density at radius 3 is 2.51 bits per heavy atom. The molecule has 2 aromatic carbocycles. The van der Waals surface area contributed by atoms with Gasteiger partial charge in [0.1, 0.15) is 6.10 Å². The van der Waals surface area contributed by atoms with Crippen LogP contribution in [0.5, 0.6) is 0 Å². The van der Waals surface area contributed by atoms with Crippen molar-refractivity contribution in [2.75, 3.05) is 13.1 Å². The molecule has 172 valence electrons. The maximum Gasteiger partial charge on any atom is 0.338 e. The van der Waals surface area contributed by atoms with Crippen molar-refractivity contribution in [1.29, 1.82) is 0 Å². The van der Waals surface area contributed by atoms with E-state index in [1.165, 1.54) is 0 Å². The molecule has 5 aromatic rings. The van der Waals surface area contributed by atoms with Gasteiger partial charge in [0.15, 0.2) is 0 Å². The van der Waals surface area contributed by atoms with Gasteiger partial charge in [-0.25, -0.2) is 9.78 Å². The first-order chi connectivity index (χ1) is 17.1. The molecule has 7 nitrogen and oxygen atoms in total. The first-order valence-electron chi connectivity index (χ1n) is 11.5. The number of aromatic nitrogens is 4. The lowest BCUT2D eigenvalue weighted by Crippen LogP contribution is -2.49. The highest BCUT2D eigenvalue weighted by Gasteiger charge is 2.21. The van der Waals surface area contributed by atoms with E-state index in [1.807, 2.05) is 55.6 Å². The number of rotatable bonds is 5. The summed E-state index contributed by atoms with van der Waals surface area (Å²) in [5.41, 5.74) is 7.93. The van der Waals surface area contributed by atoms with Crippen LogP contribution in [-0.4, -0.2) is 45.1 Å². The number of aryl methyl sites for hydroxylation is 1. The van der Waals surface area contributed by atoms with E-state index in [2.05, 4.69) is 37.4 Å². The van der Waals surface area contributed by atoms with Gasteiger partial charge in [0.2, 0.25) is 0 Å². The predicted octanol–water partition coefficient (Wildman–Crippen LogP) is 4.79. The minimum absolute atomic E-state index is 0.0298. The van der Waals surface area contributed by atoms with E-state index in [1.54, 1.807) is 18.5 Å². The first-order valence-corrected chi connectivity index (χ1v) is 11.5. The molecule has 6 rings (SSSR count). The van der Waals surface area contributed by atoms with Gasteiger partial charge in [-0.15, -0.1) is 0 Å². The summed E-state index contributed by atoms with van der Waals surface area (Å²) in [5.74, 6) is -0.290. The van der Waals surface area contributed by atoms with Crippen LogP contribution in [-0.2, 0) is 4.74 Å². The molecule has 0 unspecified atom stereocenters. The monoisotopic (exact) mass is 461 g/mol. The highest BCUT2D eigenvalue weighted by molar-refractivity contribution is 5.91. The molecule has 2 N–H and O–H groups in total. The zero-order chi connectivity index (χ0) is 23.8. The largest absolute Gasteiger partial charge is 0.456 e. The van der Waals surface area contributed by atoms with Gasteiger partial charge >= 0.3 is 5.97 Å². The van der Waals surface area contributed by atoms with E-state index >= 15 is 0 Å². The molecular formula is C28H23N5O2. The molecule has 0 aliphatic carbocycles. The molecule has 0 atom stereocenters. The summed E-state index contributed by atoms with van der Waals surface area (Å²) in [7, 11) is 0. The van der Waals surface area contributed by atoms with Crippen LogP contribution in [0.2, 0.25) is 0 Å². The molecule has 0 radical (unpaired) electrons. The first kappa shape index (κ1) is 21.2. The summed E-state index contributed by atoms with van der Waals surface area (Å²) in [6.07, 6.45) is 3.52. The van der Waals surface area contributed by atoms with Crippen molar-refractivity contribution in [3.8, 4) is 33.8 Å². The number of H-pyrrole nitrogens is 1. The number of imidazole rings is 1. The number of carbonyl (C=O) groups excluding carboxylic acids is 1. The van der Waals surface area contributed by atoms with E-state index < -0.39 is 0 Å². The van der Waals surface area contributed by atoms with Crippen LogP contribution in [0.1, 0.15) is 16.1 Å². The Labute approximate surface area is 202 Å². The van der Waals surface area contributed by atoms with Crippen molar-refractivity contribution in [2.45, 2.75) is 13.0 Å². The number of hydrogen-bond donors (Lipinski definition) is 2. The number of hydrogen-bond acceptors (Lipinski definition) is 6. The van der Waals surface area contributed by atoms with Crippen molar-refractivity contribution in [3.05, 3.63) is 90.5 Å². The van der Waals surface area contributed by atoms with Gasteiger partial charge in [0, 0.05) is 41.5 Å². The molecule has 0 bridgehead atoms. The summed E-state index contributed by atoms with van der Waals surface area (Å²) < 4.78 is 5.45. The van der Waals surface area contributed by atoms with Crippen LogP contribution in [0.4, 0.5) is 0 Å². The Bertz CT molecular complexity index is 1540. The fourth-order valence-electron chi connectivity index (χ4n) is 4.19. The number of aromatic amines is 1. The minimum Gasteiger partial charge on any atom is -0.456 e. The van der Waals surface area contributed by atoms with Crippen LogP contribution in [0.25, 0.3) is 44.7 Å². The summed E-state index contributed by atoms with van der Waals surface area (Å²) in [6, 6.07) is 21.6. The molecule has 0 amide bonds. The Morgan fingerprint density at radius 1 is 0.943 bits per heavy atom. The lowest BCUT2D eigenvalue weighted by Gasteiger charge is -2.26. The van der Waals surface area contributed by atoms with Gasteiger partial charge in [-0.05, 0) is 55.0 Å². The van der Waals surface area contributed by atoms with E-state index in [9.17, 15) is 4.79 Å². The predicted molar refractivity (Wildman–Crippen MR) is 135 cm³/mol. The fourth-order valence-corrected chi connectivity index (χ4v) is 4.19. The van der Waals surface area contributed by atoms with Crippen LogP contribution < -0.4 is 5.32 Å². The normalized spacial score (nSPS) is 13.5. The average Bonchev–Trinajstić information content (AvgIpc) is 3.36. The molecule has 1 saturated heterocycles. The zero-order valence-corrected chi connectivity index (χ0v) is 19.2. The summed E-state index contributed by atoms with van der Waals surface area (Å²) >= 11 is 0. The van der Waals surface area contributed by atoms with Gasteiger partial charge < -0.3 is 15.0 Å². The number of ether oxygens (including phenoxy) is 1. The maximum absolute atomic E-state index is 12.3. The SMILES string of the molecule is Cc1cccc(-c2[nH]cnc2-c2ccc3ncc(-c4ccc(C(=O)OC5CNC5)cc4)cc3c2)n1. The Morgan fingerprint density at radius 2 is 1.74 bits per heavy atom. The quantitative estimate of drug-likeness (QED) is 0.366. The smallest absolute Gasteiger partial charge is 0.338 e. The number of esters is 1. The summed E-state index contributed by atoms with van der Waals surface area (Å²) in [4.78, 5) is 29.4. The Kier molecular flexibility index (Phi) is 5.31. The van der Waals surface area contributed by atoms with E-state index in [4.69, 9.17) is 4.74 Å². The van der Waals surface area contributed by atoms with Gasteiger partial charge in [-0.1, -0.05) is 24.3 Å². The van der Waals surface area contributed by atoms with Crippen molar-refractivity contribution in [3.63, 3.8) is 0 Å². The third kappa shape index (κ3) is 4.18.